The van der Waals surface area contributed by atoms with Crippen LogP contribution in [0, 0.1) is 5.92 Å². The van der Waals surface area contributed by atoms with Crippen molar-refractivity contribution in [1.29, 1.82) is 0 Å². The van der Waals surface area contributed by atoms with E-state index in [1.807, 2.05) is 0 Å². The fourth-order valence-corrected chi connectivity index (χ4v) is 4.12. The van der Waals surface area contributed by atoms with Crippen LogP contribution in [-0.4, -0.2) is 36.6 Å². The van der Waals surface area contributed by atoms with Gasteiger partial charge in [-0.1, -0.05) is 38.5 Å². The molecule has 0 amide bonds. The van der Waals surface area contributed by atoms with Gasteiger partial charge in [-0.2, -0.15) is 0 Å². The monoisotopic (exact) mass is 250 g/mol. The predicted molar refractivity (Wildman–Crippen MR) is 76.8 cm³/mol. The lowest BCUT2D eigenvalue weighted by atomic mass is 9.80. The minimum atomic E-state index is 0.494. The summed E-state index contributed by atoms with van der Waals surface area (Å²) in [6.45, 7) is 5.29. The molecule has 18 heavy (non-hydrogen) atoms. The van der Waals surface area contributed by atoms with E-state index in [2.05, 4.69) is 10.2 Å². The molecule has 0 radical (unpaired) electrons. The Balaban J connectivity index is 1.52. The van der Waals surface area contributed by atoms with Gasteiger partial charge in [0.2, 0.25) is 0 Å². The molecule has 3 rings (SSSR count). The molecule has 0 aromatic carbocycles. The third-order valence-corrected chi connectivity index (χ3v) is 5.57. The van der Waals surface area contributed by atoms with Crippen LogP contribution >= 0.6 is 0 Å². The molecule has 3 fully saturated rings. The maximum absolute atomic E-state index is 3.90. The van der Waals surface area contributed by atoms with Crippen LogP contribution in [0.2, 0.25) is 0 Å². The molecular formula is C16H30N2. The highest BCUT2D eigenvalue weighted by Crippen LogP contribution is 2.32. The molecule has 0 aromatic heterocycles. The van der Waals surface area contributed by atoms with E-state index >= 15 is 0 Å². The molecule has 0 unspecified atom stereocenters. The van der Waals surface area contributed by atoms with Gasteiger partial charge in [0.15, 0.2) is 0 Å². The molecule has 104 valence electrons. The van der Waals surface area contributed by atoms with Gasteiger partial charge < -0.3 is 10.2 Å². The molecule has 1 spiro atoms. The summed E-state index contributed by atoms with van der Waals surface area (Å²) in [6, 6.07) is 0. The number of hydrogen-bond acceptors (Lipinski definition) is 2. The van der Waals surface area contributed by atoms with Crippen molar-refractivity contribution in [2.75, 3.05) is 26.2 Å². The number of nitrogens with zero attached hydrogens (tertiary/aromatic N) is 1. The molecule has 1 saturated heterocycles. The van der Waals surface area contributed by atoms with Crippen molar-refractivity contribution in [2.24, 2.45) is 5.92 Å². The second-order valence-corrected chi connectivity index (χ2v) is 6.98. The zero-order chi connectivity index (χ0) is 12.3. The molecule has 1 aliphatic heterocycles. The van der Waals surface area contributed by atoms with Crippen molar-refractivity contribution >= 4 is 0 Å². The third-order valence-electron chi connectivity index (χ3n) is 5.57. The van der Waals surface area contributed by atoms with E-state index < -0.39 is 0 Å². The van der Waals surface area contributed by atoms with E-state index in [0.29, 0.717) is 5.54 Å². The highest BCUT2D eigenvalue weighted by atomic mass is 15.2. The number of nitrogens with one attached hydrogen (secondary N) is 1. The van der Waals surface area contributed by atoms with E-state index in [0.717, 1.165) is 5.92 Å². The maximum atomic E-state index is 3.90. The van der Waals surface area contributed by atoms with Crippen LogP contribution in [0.15, 0.2) is 0 Å². The Kier molecular flexibility index (Phi) is 4.25. The van der Waals surface area contributed by atoms with Crippen molar-refractivity contribution in [1.82, 2.24) is 10.2 Å². The van der Waals surface area contributed by atoms with E-state index in [1.54, 1.807) is 0 Å². The summed E-state index contributed by atoms with van der Waals surface area (Å²) in [5.41, 5.74) is 0.494. The van der Waals surface area contributed by atoms with Gasteiger partial charge >= 0.3 is 0 Å². The topological polar surface area (TPSA) is 15.3 Å². The molecule has 1 N–H and O–H groups in total. The van der Waals surface area contributed by atoms with Crippen molar-refractivity contribution in [3.63, 3.8) is 0 Å². The molecule has 2 saturated carbocycles. The summed E-state index contributed by atoms with van der Waals surface area (Å²) in [5.74, 6) is 1.07. The van der Waals surface area contributed by atoms with Gasteiger partial charge in [0.1, 0.15) is 0 Å². The Hall–Kier alpha value is -0.0800. The molecule has 2 aliphatic carbocycles. The Morgan fingerprint density at radius 3 is 2.56 bits per heavy atom. The Morgan fingerprint density at radius 2 is 1.83 bits per heavy atom. The highest BCUT2D eigenvalue weighted by Gasteiger charge is 2.34. The van der Waals surface area contributed by atoms with Gasteiger partial charge in [0, 0.05) is 12.1 Å². The summed E-state index contributed by atoms with van der Waals surface area (Å²) in [7, 11) is 0. The van der Waals surface area contributed by atoms with Crippen molar-refractivity contribution < 1.29 is 0 Å². The first kappa shape index (κ1) is 12.9. The van der Waals surface area contributed by atoms with E-state index in [4.69, 9.17) is 0 Å². The first-order valence-electron chi connectivity index (χ1n) is 8.34. The van der Waals surface area contributed by atoms with Crippen LogP contribution in [0.1, 0.15) is 64.2 Å². The van der Waals surface area contributed by atoms with Crippen molar-refractivity contribution in [3.8, 4) is 0 Å². The van der Waals surface area contributed by atoms with Gasteiger partial charge in [-0.15, -0.1) is 0 Å². The van der Waals surface area contributed by atoms with Gasteiger partial charge in [0.05, 0.1) is 0 Å². The fraction of sp³-hybridized carbons (Fsp3) is 1.00. The van der Waals surface area contributed by atoms with E-state index in [1.165, 1.54) is 90.4 Å². The summed E-state index contributed by atoms with van der Waals surface area (Å²) in [5, 5.41) is 3.90. The minimum absolute atomic E-state index is 0.494. The van der Waals surface area contributed by atoms with Gasteiger partial charge in [-0.25, -0.2) is 0 Å². The van der Waals surface area contributed by atoms with E-state index in [9.17, 15) is 0 Å². The van der Waals surface area contributed by atoms with Gasteiger partial charge in [0.25, 0.3) is 0 Å². The summed E-state index contributed by atoms with van der Waals surface area (Å²) in [4.78, 5) is 2.78. The lowest BCUT2D eigenvalue weighted by Gasteiger charge is -2.40. The average molecular weight is 250 g/mol. The molecule has 2 nitrogen and oxygen atoms in total. The number of rotatable bonds is 3. The van der Waals surface area contributed by atoms with Crippen LogP contribution < -0.4 is 5.32 Å². The highest BCUT2D eigenvalue weighted by molar-refractivity contribution is 4.95. The molecule has 1 heterocycles. The lowest BCUT2D eigenvalue weighted by molar-refractivity contribution is 0.149. The first-order valence-corrected chi connectivity index (χ1v) is 8.34. The smallest absolute Gasteiger partial charge is 0.0308 e. The Morgan fingerprint density at radius 1 is 1.00 bits per heavy atom. The lowest BCUT2D eigenvalue weighted by Crippen LogP contribution is -2.52. The molecule has 2 heteroatoms. The summed E-state index contributed by atoms with van der Waals surface area (Å²) in [6.07, 6.45) is 14.5. The third kappa shape index (κ3) is 3.08. The molecular weight excluding hydrogens is 220 g/mol. The van der Waals surface area contributed by atoms with Crippen LogP contribution in [0.5, 0.6) is 0 Å². The molecule has 0 atom stereocenters. The van der Waals surface area contributed by atoms with Crippen molar-refractivity contribution in [2.45, 2.75) is 69.7 Å². The summed E-state index contributed by atoms with van der Waals surface area (Å²) < 4.78 is 0. The second kappa shape index (κ2) is 5.92. The fourth-order valence-electron chi connectivity index (χ4n) is 4.12. The normalized spacial score (nSPS) is 30.0. The predicted octanol–water partition coefficient (Wildman–Crippen LogP) is 3.17. The van der Waals surface area contributed by atoms with Crippen LogP contribution in [0.3, 0.4) is 0 Å². The first-order chi connectivity index (χ1) is 8.86. The number of hydrogen-bond donors (Lipinski definition) is 1. The van der Waals surface area contributed by atoms with Gasteiger partial charge in [-0.3, -0.25) is 0 Å². The van der Waals surface area contributed by atoms with E-state index in [-0.39, 0.29) is 0 Å². The zero-order valence-corrected chi connectivity index (χ0v) is 11.9. The van der Waals surface area contributed by atoms with Crippen molar-refractivity contribution in [3.05, 3.63) is 0 Å². The van der Waals surface area contributed by atoms with Crippen LogP contribution in [0.4, 0.5) is 0 Å². The Labute approximate surface area is 113 Å². The molecule has 3 aliphatic rings. The molecule has 0 aromatic rings. The molecule has 0 bridgehead atoms. The SMILES string of the molecule is C1CCC2(CC1)CN(CCC1CCC1)CCCN2. The summed E-state index contributed by atoms with van der Waals surface area (Å²) >= 11 is 0. The zero-order valence-electron chi connectivity index (χ0n) is 11.9. The van der Waals surface area contributed by atoms with Crippen LogP contribution in [-0.2, 0) is 0 Å². The quantitative estimate of drug-likeness (QED) is 0.827. The largest absolute Gasteiger partial charge is 0.310 e. The van der Waals surface area contributed by atoms with Gasteiger partial charge in [-0.05, 0) is 51.2 Å². The average Bonchev–Trinajstić information content (AvgIpc) is 2.51. The second-order valence-electron chi connectivity index (χ2n) is 6.98. The van der Waals surface area contributed by atoms with Crippen LogP contribution in [0.25, 0.3) is 0 Å². The maximum Gasteiger partial charge on any atom is 0.0308 e. The standard InChI is InChI=1S/C16H30N2/c1-2-9-16(10-3-1)14-18(12-5-11-17-16)13-8-15-6-4-7-15/h15,17H,1-14H2. The minimum Gasteiger partial charge on any atom is -0.310 e. The Bertz CT molecular complexity index is 254.